The first-order chi connectivity index (χ1) is 19.5. The summed E-state index contributed by atoms with van der Waals surface area (Å²) in [5, 5.41) is 33.0. The average Bonchev–Trinajstić information content (AvgIpc) is 2.93. The SMILES string of the molecule is COc1cc(CO)cc(I)c1O[C@H]1C=C(C(=O)NCCO)C[C@@H](N(CCCOC(C)C)C(=O)CCCC(C)=O)[C@@H]1O. The highest BCUT2D eigenvalue weighted by atomic mass is 127. The van der Waals surface area contributed by atoms with E-state index in [9.17, 15) is 29.7 Å². The number of nitrogens with zero attached hydrogens (tertiary/aromatic N) is 1. The number of rotatable bonds is 17. The first-order valence-electron chi connectivity index (χ1n) is 13.8. The molecule has 4 N–H and O–H groups in total. The van der Waals surface area contributed by atoms with E-state index >= 15 is 0 Å². The maximum atomic E-state index is 13.5. The number of aliphatic hydroxyl groups excluding tert-OH is 3. The Morgan fingerprint density at radius 1 is 1.17 bits per heavy atom. The van der Waals surface area contributed by atoms with Gasteiger partial charge in [-0.1, -0.05) is 0 Å². The predicted molar refractivity (Wildman–Crippen MR) is 161 cm³/mol. The second-order valence-electron chi connectivity index (χ2n) is 10.2. The van der Waals surface area contributed by atoms with Crippen molar-refractivity contribution in [2.24, 2.45) is 0 Å². The number of amides is 2. The van der Waals surface area contributed by atoms with Crippen molar-refractivity contribution in [2.75, 3.05) is 33.4 Å². The lowest BCUT2D eigenvalue weighted by molar-refractivity contribution is -0.139. The van der Waals surface area contributed by atoms with E-state index in [-0.39, 0.29) is 63.4 Å². The van der Waals surface area contributed by atoms with Crippen molar-refractivity contribution in [3.63, 3.8) is 0 Å². The third-order valence-corrected chi connectivity index (χ3v) is 7.38. The molecular formula is C29H43IN2O9. The smallest absolute Gasteiger partial charge is 0.247 e. The van der Waals surface area contributed by atoms with Crippen molar-refractivity contribution in [2.45, 2.75) is 83.8 Å². The maximum absolute atomic E-state index is 13.5. The van der Waals surface area contributed by atoms with Gasteiger partial charge in [-0.25, -0.2) is 0 Å². The van der Waals surface area contributed by atoms with Gasteiger partial charge in [0.25, 0.3) is 0 Å². The summed E-state index contributed by atoms with van der Waals surface area (Å²) in [4.78, 5) is 39.5. The van der Waals surface area contributed by atoms with Crippen LogP contribution in [0.4, 0.5) is 0 Å². The fourth-order valence-corrected chi connectivity index (χ4v) is 5.35. The van der Waals surface area contributed by atoms with Gasteiger partial charge in [0.2, 0.25) is 11.8 Å². The number of aliphatic hydroxyl groups is 3. The first-order valence-corrected chi connectivity index (χ1v) is 14.9. The van der Waals surface area contributed by atoms with Crippen molar-refractivity contribution in [1.29, 1.82) is 0 Å². The molecule has 0 unspecified atom stereocenters. The van der Waals surface area contributed by atoms with Crippen LogP contribution in [0.1, 0.15) is 58.4 Å². The topological polar surface area (TPSA) is 155 Å². The summed E-state index contributed by atoms with van der Waals surface area (Å²) < 4.78 is 18.0. The summed E-state index contributed by atoms with van der Waals surface area (Å²) in [5.41, 5.74) is 0.922. The highest BCUT2D eigenvalue weighted by Crippen LogP contribution is 2.37. The van der Waals surface area contributed by atoms with Crippen molar-refractivity contribution in [3.05, 3.63) is 32.9 Å². The lowest BCUT2D eigenvalue weighted by Gasteiger charge is -2.41. The minimum absolute atomic E-state index is 0.0117. The normalized spacial score (nSPS) is 18.6. The summed E-state index contributed by atoms with van der Waals surface area (Å²) in [6, 6.07) is 2.55. The number of Topliss-reactive ketones (excluding diaryl/α,β-unsaturated/α-hetero) is 1. The van der Waals surface area contributed by atoms with Crippen LogP contribution in [0.2, 0.25) is 0 Å². The molecule has 0 bridgehead atoms. The molecule has 1 aromatic carbocycles. The largest absolute Gasteiger partial charge is 0.493 e. The lowest BCUT2D eigenvalue weighted by atomic mass is 9.87. The first kappa shape index (κ1) is 34.9. The van der Waals surface area contributed by atoms with Gasteiger partial charge >= 0.3 is 0 Å². The van der Waals surface area contributed by atoms with Crippen LogP contribution in [-0.2, 0) is 25.7 Å². The van der Waals surface area contributed by atoms with Crippen molar-refractivity contribution in [3.8, 4) is 11.5 Å². The van der Waals surface area contributed by atoms with E-state index in [2.05, 4.69) is 5.32 Å². The zero-order chi connectivity index (χ0) is 30.5. The van der Waals surface area contributed by atoms with Crippen LogP contribution < -0.4 is 14.8 Å². The molecule has 0 fully saturated rings. The van der Waals surface area contributed by atoms with Gasteiger partial charge in [0.15, 0.2) is 11.5 Å². The van der Waals surface area contributed by atoms with E-state index < -0.39 is 24.2 Å². The second kappa shape index (κ2) is 17.6. The molecule has 0 saturated heterocycles. The zero-order valence-corrected chi connectivity index (χ0v) is 26.4. The van der Waals surface area contributed by atoms with Gasteiger partial charge < -0.3 is 44.5 Å². The minimum atomic E-state index is -1.20. The molecule has 0 radical (unpaired) electrons. The number of halogens is 1. The van der Waals surface area contributed by atoms with Gasteiger partial charge in [-0.2, -0.15) is 0 Å². The number of ether oxygens (including phenoxy) is 3. The van der Waals surface area contributed by atoms with Crippen molar-refractivity contribution in [1.82, 2.24) is 10.2 Å². The molecule has 1 aliphatic rings. The molecule has 2 rings (SSSR count). The van der Waals surface area contributed by atoms with E-state index in [4.69, 9.17) is 14.2 Å². The Balaban J connectivity index is 2.44. The predicted octanol–water partition coefficient (Wildman–Crippen LogP) is 2.11. The van der Waals surface area contributed by atoms with Gasteiger partial charge in [0, 0.05) is 44.5 Å². The molecule has 0 spiro atoms. The van der Waals surface area contributed by atoms with Crippen LogP contribution in [0.5, 0.6) is 11.5 Å². The average molecular weight is 691 g/mol. The highest BCUT2D eigenvalue weighted by Gasteiger charge is 2.40. The fraction of sp³-hybridized carbons (Fsp3) is 0.621. The van der Waals surface area contributed by atoms with Gasteiger partial charge in [0.1, 0.15) is 18.0 Å². The molecule has 0 aliphatic heterocycles. The molecule has 12 heteroatoms. The highest BCUT2D eigenvalue weighted by molar-refractivity contribution is 14.1. The van der Waals surface area contributed by atoms with Gasteiger partial charge in [-0.15, -0.1) is 0 Å². The summed E-state index contributed by atoms with van der Waals surface area (Å²) in [6.45, 7) is 5.60. The van der Waals surface area contributed by atoms with Crippen LogP contribution in [0.3, 0.4) is 0 Å². The van der Waals surface area contributed by atoms with Crippen LogP contribution in [-0.4, -0.2) is 95.6 Å². The Bertz CT molecular complexity index is 1060. The van der Waals surface area contributed by atoms with Crippen LogP contribution >= 0.6 is 22.6 Å². The molecule has 2 amide bonds. The minimum Gasteiger partial charge on any atom is -0.493 e. The van der Waals surface area contributed by atoms with Gasteiger partial charge in [-0.05, 0) is 80.0 Å². The molecule has 0 heterocycles. The van der Waals surface area contributed by atoms with Crippen LogP contribution in [0, 0.1) is 3.57 Å². The third kappa shape index (κ3) is 10.8. The summed E-state index contributed by atoms with van der Waals surface area (Å²) >= 11 is 2.04. The number of methoxy groups -OCH3 is 1. The van der Waals surface area contributed by atoms with Crippen LogP contribution in [0.15, 0.2) is 23.8 Å². The van der Waals surface area contributed by atoms with Gasteiger partial charge in [0.05, 0.1) is 36.0 Å². The lowest BCUT2D eigenvalue weighted by Crippen LogP contribution is -2.55. The van der Waals surface area contributed by atoms with E-state index in [0.717, 1.165) is 0 Å². The molecule has 0 saturated carbocycles. The maximum Gasteiger partial charge on any atom is 0.247 e. The third-order valence-electron chi connectivity index (χ3n) is 6.57. The fourth-order valence-electron chi connectivity index (χ4n) is 4.56. The molecule has 3 atom stereocenters. The number of benzene rings is 1. The molecule has 230 valence electrons. The second-order valence-corrected chi connectivity index (χ2v) is 11.4. The van der Waals surface area contributed by atoms with Crippen molar-refractivity contribution >= 4 is 40.2 Å². The number of carbonyl (C=O) groups excluding carboxylic acids is 3. The van der Waals surface area contributed by atoms with E-state index in [0.29, 0.717) is 45.7 Å². The van der Waals surface area contributed by atoms with E-state index in [1.807, 2.05) is 36.4 Å². The number of hydrogen-bond donors (Lipinski definition) is 4. The Morgan fingerprint density at radius 2 is 1.90 bits per heavy atom. The molecule has 11 nitrogen and oxygen atoms in total. The van der Waals surface area contributed by atoms with Crippen LogP contribution in [0.25, 0.3) is 0 Å². The summed E-state index contributed by atoms with van der Waals surface area (Å²) in [7, 11) is 1.46. The molecule has 1 aromatic rings. The molecular weight excluding hydrogens is 647 g/mol. The Kier molecular flexibility index (Phi) is 15.0. The molecule has 1 aliphatic carbocycles. The Morgan fingerprint density at radius 3 is 2.51 bits per heavy atom. The number of hydrogen-bond acceptors (Lipinski definition) is 9. The standard InChI is InChI=1S/C29H43IN2O9/c1-18(2)40-12-6-10-32(26(36)8-5-7-19(3)35)23-15-21(29(38)31-9-11-33)16-24(27(23)37)41-28-22(30)13-20(17-34)14-25(28)39-4/h13-14,16,18,23-24,27,33-34,37H,5-12,15,17H2,1-4H3,(H,31,38)/t23-,24+,27+/m1/s1. The number of carbonyl (C=O) groups is 3. The van der Waals surface area contributed by atoms with E-state index in [1.165, 1.54) is 20.1 Å². The van der Waals surface area contributed by atoms with Crippen molar-refractivity contribution < 1.29 is 43.9 Å². The number of nitrogens with one attached hydrogen (secondary N) is 1. The Labute approximate surface area is 255 Å². The molecule has 0 aromatic heterocycles. The molecule has 41 heavy (non-hydrogen) atoms. The number of ketones is 1. The van der Waals surface area contributed by atoms with E-state index in [1.54, 1.807) is 17.0 Å². The summed E-state index contributed by atoms with van der Waals surface area (Å²) in [5.74, 6) is -0.0181. The monoisotopic (exact) mass is 690 g/mol. The summed E-state index contributed by atoms with van der Waals surface area (Å²) in [6.07, 6.45) is 0.665. The Hall–Kier alpha value is -2.26. The zero-order valence-electron chi connectivity index (χ0n) is 24.2. The van der Waals surface area contributed by atoms with Gasteiger partial charge in [-0.3, -0.25) is 9.59 Å². The quantitative estimate of drug-likeness (QED) is 0.142.